The normalized spacial score (nSPS) is 10.8. The van der Waals surface area contributed by atoms with Crippen LogP contribution in [0.25, 0.3) is 22.5 Å². The second kappa shape index (κ2) is 7.96. The highest BCUT2D eigenvalue weighted by molar-refractivity contribution is 5.80. The van der Waals surface area contributed by atoms with Crippen molar-refractivity contribution in [2.45, 2.75) is 13.3 Å². The van der Waals surface area contributed by atoms with Gasteiger partial charge in [-0.05, 0) is 35.2 Å². The maximum atomic E-state index is 11.3. The third-order valence-corrected chi connectivity index (χ3v) is 4.55. The highest BCUT2D eigenvalue weighted by Gasteiger charge is 2.11. The second-order valence-electron chi connectivity index (χ2n) is 6.40. The Morgan fingerprint density at radius 1 is 0.929 bits per heavy atom. The Morgan fingerprint density at radius 3 is 2.36 bits per heavy atom. The van der Waals surface area contributed by atoms with Gasteiger partial charge in [0, 0.05) is 12.0 Å². The molecular weight excluding hydrogens is 352 g/mol. The molecule has 4 aromatic rings. The number of para-hydroxylation sites is 1. The number of H-pyrrole nitrogens is 1. The van der Waals surface area contributed by atoms with E-state index in [1.807, 2.05) is 49.4 Å². The Balaban J connectivity index is 1.62. The van der Waals surface area contributed by atoms with Crippen LogP contribution in [0, 0.1) is 0 Å². The third-order valence-electron chi connectivity index (χ3n) is 4.55. The summed E-state index contributed by atoms with van der Waals surface area (Å²) in [6.45, 7) is 2.64. The first-order chi connectivity index (χ1) is 13.7. The second-order valence-corrected chi connectivity index (χ2v) is 6.40. The van der Waals surface area contributed by atoms with Gasteiger partial charge in [-0.25, -0.2) is 4.79 Å². The van der Waals surface area contributed by atoms with Crippen LogP contribution < -0.4 is 10.5 Å². The summed E-state index contributed by atoms with van der Waals surface area (Å²) in [6, 6.07) is 24.3. The highest BCUT2D eigenvalue weighted by atomic mass is 16.5. The molecular formula is C23H20N2O3. The minimum atomic E-state index is -0.562. The number of nitrogens with one attached hydrogen (secondary N) is 1. The summed E-state index contributed by atoms with van der Waals surface area (Å²) < 4.78 is 10.4. The molecule has 3 aromatic carbocycles. The lowest BCUT2D eigenvalue weighted by Gasteiger charge is -2.11. The van der Waals surface area contributed by atoms with Gasteiger partial charge in [0.25, 0.3) is 0 Å². The van der Waals surface area contributed by atoms with Crippen molar-refractivity contribution in [1.82, 2.24) is 10.1 Å². The molecule has 5 nitrogen and oxygen atoms in total. The van der Waals surface area contributed by atoms with Crippen LogP contribution >= 0.6 is 0 Å². The van der Waals surface area contributed by atoms with Crippen molar-refractivity contribution in [3.05, 3.63) is 94.5 Å². The molecule has 0 spiro atoms. The van der Waals surface area contributed by atoms with Gasteiger partial charge in [0.05, 0.1) is 6.61 Å². The minimum absolute atomic E-state index is 0.426. The van der Waals surface area contributed by atoms with Gasteiger partial charge in [-0.1, -0.05) is 71.9 Å². The molecule has 0 amide bonds. The monoisotopic (exact) mass is 372 g/mol. The molecule has 0 unspecified atom stereocenters. The van der Waals surface area contributed by atoms with Gasteiger partial charge in [-0.2, -0.15) is 0 Å². The fourth-order valence-electron chi connectivity index (χ4n) is 3.26. The standard InChI is InChI=1S/C23H20N2O3/c1-2-27-21-10-6-3-7-18(21)15-16-11-13-17(14-12-16)19-8-4-5-9-20(19)22-24-23(26)28-25-22/h3-14H,2,15H2,1H3,(H,24,25,26). The highest BCUT2D eigenvalue weighted by Crippen LogP contribution is 2.30. The van der Waals surface area contributed by atoms with E-state index in [1.165, 1.54) is 5.56 Å². The van der Waals surface area contributed by atoms with Gasteiger partial charge in [-0.3, -0.25) is 9.51 Å². The first-order valence-corrected chi connectivity index (χ1v) is 9.20. The van der Waals surface area contributed by atoms with Crippen LogP contribution in [0.2, 0.25) is 0 Å². The zero-order valence-corrected chi connectivity index (χ0v) is 15.5. The van der Waals surface area contributed by atoms with Crippen LogP contribution in [0.1, 0.15) is 18.1 Å². The number of aromatic nitrogens is 2. The number of ether oxygens (including phenoxy) is 1. The van der Waals surface area contributed by atoms with E-state index in [9.17, 15) is 4.79 Å². The van der Waals surface area contributed by atoms with Crippen molar-refractivity contribution in [3.63, 3.8) is 0 Å². The molecule has 4 rings (SSSR count). The molecule has 0 aliphatic heterocycles. The van der Waals surface area contributed by atoms with Gasteiger partial charge >= 0.3 is 5.76 Å². The molecule has 0 aliphatic carbocycles. The summed E-state index contributed by atoms with van der Waals surface area (Å²) in [5, 5.41) is 3.82. The maximum absolute atomic E-state index is 11.3. The number of rotatable bonds is 6. The quantitative estimate of drug-likeness (QED) is 0.533. The van der Waals surface area contributed by atoms with Gasteiger partial charge in [-0.15, -0.1) is 0 Å². The summed E-state index contributed by atoms with van der Waals surface area (Å²) in [5.41, 5.74) is 5.21. The summed E-state index contributed by atoms with van der Waals surface area (Å²) >= 11 is 0. The fraction of sp³-hybridized carbons (Fsp3) is 0.130. The lowest BCUT2D eigenvalue weighted by molar-refractivity contribution is 0.337. The van der Waals surface area contributed by atoms with E-state index >= 15 is 0 Å². The lowest BCUT2D eigenvalue weighted by atomic mass is 9.96. The molecule has 0 aliphatic rings. The molecule has 1 N–H and O–H groups in total. The Labute approximate surface area is 162 Å². The van der Waals surface area contributed by atoms with Crippen LogP contribution in [-0.4, -0.2) is 16.7 Å². The van der Waals surface area contributed by atoms with Gasteiger partial charge in [0.2, 0.25) is 0 Å². The first kappa shape index (κ1) is 17.8. The largest absolute Gasteiger partial charge is 0.494 e. The van der Waals surface area contributed by atoms with Crippen molar-refractivity contribution in [2.75, 3.05) is 6.61 Å². The zero-order valence-electron chi connectivity index (χ0n) is 15.5. The number of hydrogen-bond donors (Lipinski definition) is 1. The van der Waals surface area contributed by atoms with E-state index in [0.29, 0.717) is 12.4 Å². The SMILES string of the molecule is CCOc1ccccc1Cc1ccc(-c2ccccc2-c2noc(=O)[nH]2)cc1. The summed E-state index contributed by atoms with van der Waals surface area (Å²) in [5.74, 6) is 0.790. The van der Waals surface area contributed by atoms with Crippen LogP contribution in [0.15, 0.2) is 82.1 Å². The van der Waals surface area contributed by atoms with E-state index in [1.54, 1.807) is 0 Å². The average Bonchev–Trinajstić information content (AvgIpc) is 3.16. The van der Waals surface area contributed by atoms with Crippen molar-refractivity contribution >= 4 is 0 Å². The van der Waals surface area contributed by atoms with Crippen LogP contribution in [0.4, 0.5) is 0 Å². The Morgan fingerprint density at radius 2 is 1.64 bits per heavy atom. The zero-order chi connectivity index (χ0) is 19.3. The minimum Gasteiger partial charge on any atom is -0.494 e. The molecule has 0 saturated heterocycles. The molecule has 0 atom stereocenters. The van der Waals surface area contributed by atoms with Gasteiger partial charge < -0.3 is 4.74 Å². The summed E-state index contributed by atoms with van der Waals surface area (Å²) in [6.07, 6.45) is 0.800. The third kappa shape index (κ3) is 3.74. The number of aromatic amines is 1. The van der Waals surface area contributed by atoms with E-state index in [-0.39, 0.29) is 0 Å². The van der Waals surface area contributed by atoms with Crippen LogP contribution in [-0.2, 0) is 6.42 Å². The van der Waals surface area contributed by atoms with E-state index < -0.39 is 5.76 Å². The molecule has 140 valence electrons. The first-order valence-electron chi connectivity index (χ1n) is 9.20. The molecule has 0 bridgehead atoms. The van der Waals surface area contributed by atoms with Crippen molar-refractivity contribution in [3.8, 4) is 28.3 Å². The van der Waals surface area contributed by atoms with E-state index in [2.05, 4.69) is 45.0 Å². The Kier molecular flexibility index (Phi) is 5.06. The summed E-state index contributed by atoms with van der Waals surface area (Å²) in [7, 11) is 0. The number of nitrogens with zero attached hydrogens (tertiary/aromatic N) is 1. The topological polar surface area (TPSA) is 68.1 Å². The van der Waals surface area contributed by atoms with E-state index in [4.69, 9.17) is 4.74 Å². The molecule has 5 heteroatoms. The fourth-order valence-corrected chi connectivity index (χ4v) is 3.26. The Hall–Kier alpha value is -3.60. The molecule has 1 aromatic heterocycles. The van der Waals surface area contributed by atoms with Crippen LogP contribution in [0.5, 0.6) is 5.75 Å². The number of hydrogen-bond acceptors (Lipinski definition) is 4. The van der Waals surface area contributed by atoms with Crippen molar-refractivity contribution < 1.29 is 9.26 Å². The predicted molar refractivity (Wildman–Crippen MR) is 108 cm³/mol. The van der Waals surface area contributed by atoms with Crippen molar-refractivity contribution in [1.29, 1.82) is 0 Å². The molecule has 1 heterocycles. The van der Waals surface area contributed by atoms with Gasteiger partial charge in [0.15, 0.2) is 5.82 Å². The number of benzene rings is 3. The maximum Gasteiger partial charge on any atom is 0.439 e. The van der Waals surface area contributed by atoms with Gasteiger partial charge in [0.1, 0.15) is 5.75 Å². The smallest absolute Gasteiger partial charge is 0.439 e. The van der Waals surface area contributed by atoms with E-state index in [0.717, 1.165) is 34.4 Å². The molecule has 0 saturated carbocycles. The van der Waals surface area contributed by atoms with Crippen LogP contribution in [0.3, 0.4) is 0 Å². The predicted octanol–water partition coefficient (Wildman–Crippen LogP) is 4.69. The molecule has 0 fully saturated rings. The Bertz CT molecular complexity index is 1130. The molecule has 28 heavy (non-hydrogen) atoms. The molecule has 0 radical (unpaired) electrons. The lowest BCUT2D eigenvalue weighted by Crippen LogP contribution is -1.97. The van der Waals surface area contributed by atoms with Crippen molar-refractivity contribution in [2.24, 2.45) is 0 Å². The summed E-state index contributed by atoms with van der Waals surface area (Å²) in [4.78, 5) is 13.9. The average molecular weight is 372 g/mol.